The average Bonchev–Trinajstić information content (AvgIpc) is 2.37. The van der Waals surface area contributed by atoms with E-state index in [9.17, 15) is 9.18 Å². The lowest BCUT2D eigenvalue weighted by molar-refractivity contribution is 0.103. The lowest BCUT2D eigenvalue weighted by Crippen LogP contribution is -2.29. The maximum Gasteiger partial charge on any atom is 0.242 e. The first-order valence-corrected chi connectivity index (χ1v) is 10.3. The zero-order valence-corrected chi connectivity index (χ0v) is 13.7. The van der Waals surface area contributed by atoms with E-state index in [4.69, 9.17) is 4.43 Å². The van der Waals surface area contributed by atoms with Crippen LogP contribution in [0.4, 0.5) is 4.39 Å². The van der Waals surface area contributed by atoms with E-state index in [1.165, 1.54) is 24.3 Å². The zero-order chi connectivity index (χ0) is 15.6. The van der Waals surface area contributed by atoms with Crippen molar-refractivity contribution in [3.8, 4) is 5.75 Å². The lowest BCUT2D eigenvalue weighted by Gasteiger charge is -2.20. The normalized spacial score (nSPS) is 11.3. The fourth-order valence-electron chi connectivity index (χ4n) is 2.06. The van der Waals surface area contributed by atoms with Crippen molar-refractivity contribution in [3.63, 3.8) is 0 Å². The second-order valence-electron chi connectivity index (χ2n) is 6.03. The summed E-state index contributed by atoms with van der Waals surface area (Å²) in [5, 5.41) is 0. The van der Waals surface area contributed by atoms with Gasteiger partial charge in [-0.15, -0.1) is 0 Å². The summed E-state index contributed by atoms with van der Waals surface area (Å²) < 4.78 is 18.8. The molecule has 0 heterocycles. The van der Waals surface area contributed by atoms with Gasteiger partial charge in [0.2, 0.25) is 8.32 Å². The minimum Gasteiger partial charge on any atom is -0.544 e. The van der Waals surface area contributed by atoms with Crippen molar-refractivity contribution in [2.75, 3.05) is 0 Å². The monoisotopic (exact) mass is 302 g/mol. The summed E-state index contributed by atoms with van der Waals surface area (Å²) in [6.45, 7) is 8.22. The number of hydrogen-bond donors (Lipinski definition) is 0. The quantitative estimate of drug-likeness (QED) is 0.610. The number of benzene rings is 2. The standard InChI is InChI=1S/C17H19FO2Si/c1-12-11-15(20-21(2,3)4)9-10-16(12)17(19)13-5-7-14(18)8-6-13/h5-11H,1-4H3. The van der Waals surface area contributed by atoms with Crippen LogP contribution in [0.3, 0.4) is 0 Å². The molecule has 0 atom stereocenters. The molecule has 0 saturated carbocycles. The lowest BCUT2D eigenvalue weighted by atomic mass is 9.99. The number of ketones is 1. The summed E-state index contributed by atoms with van der Waals surface area (Å²) in [6, 6.07) is 11.1. The maximum atomic E-state index is 12.9. The highest BCUT2D eigenvalue weighted by Gasteiger charge is 2.18. The van der Waals surface area contributed by atoms with Gasteiger partial charge in [0.1, 0.15) is 11.6 Å². The largest absolute Gasteiger partial charge is 0.544 e. The molecule has 0 aliphatic carbocycles. The first-order valence-electron chi connectivity index (χ1n) is 6.86. The summed E-state index contributed by atoms with van der Waals surface area (Å²) in [5.41, 5.74) is 1.96. The van der Waals surface area contributed by atoms with Crippen LogP contribution in [0.5, 0.6) is 5.75 Å². The van der Waals surface area contributed by atoms with Crippen LogP contribution in [0, 0.1) is 12.7 Å². The van der Waals surface area contributed by atoms with Gasteiger partial charge in [0.05, 0.1) is 0 Å². The highest BCUT2D eigenvalue weighted by atomic mass is 28.4. The molecule has 0 spiro atoms. The SMILES string of the molecule is Cc1cc(O[Si](C)(C)C)ccc1C(=O)c1ccc(F)cc1. The van der Waals surface area contributed by atoms with Crippen molar-refractivity contribution in [3.05, 3.63) is 65.0 Å². The van der Waals surface area contributed by atoms with Gasteiger partial charge in [-0.3, -0.25) is 4.79 Å². The summed E-state index contributed by atoms with van der Waals surface area (Å²) in [7, 11) is -1.66. The van der Waals surface area contributed by atoms with E-state index in [-0.39, 0.29) is 11.6 Å². The van der Waals surface area contributed by atoms with Crippen molar-refractivity contribution < 1.29 is 13.6 Å². The molecule has 4 heteroatoms. The van der Waals surface area contributed by atoms with Crippen LogP contribution in [0.15, 0.2) is 42.5 Å². The zero-order valence-electron chi connectivity index (χ0n) is 12.7. The maximum absolute atomic E-state index is 12.9. The van der Waals surface area contributed by atoms with Gasteiger partial charge in [0.25, 0.3) is 0 Å². The summed E-state index contributed by atoms with van der Waals surface area (Å²) in [5.74, 6) is 0.344. The van der Waals surface area contributed by atoms with Gasteiger partial charge in [-0.25, -0.2) is 4.39 Å². The number of carbonyl (C=O) groups is 1. The Labute approximate surface area is 125 Å². The van der Waals surface area contributed by atoms with Crippen LogP contribution in [-0.2, 0) is 0 Å². The third-order valence-corrected chi connectivity index (χ3v) is 3.82. The molecule has 0 unspecified atom stereocenters. The molecule has 0 aliphatic heterocycles. The van der Waals surface area contributed by atoms with E-state index in [2.05, 4.69) is 19.6 Å². The topological polar surface area (TPSA) is 26.3 Å². The molecule has 0 radical (unpaired) electrons. The highest BCUT2D eigenvalue weighted by molar-refractivity contribution is 6.70. The molecule has 0 N–H and O–H groups in total. The van der Waals surface area contributed by atoms with Crippen LogP contribution in [0.1, 0.15) is 21.5 Å². The molecule has 110 valence electrons. The molecule has 0 aliphatic rings. The molecule has 0 fully saturated rings. The first-order chi connectivity index (χ1) is 9.76. The number of aryl methyl sites for hydroxylation is 1. The number of carbonyl (C=O) groups excluding carboxylic acids is 1. The van der Waals surface area contributed by atoms with E-state index in [1.54, 1.807) is 6.07 Å². The number of rotatable bonds is 4. The molecule has 21 heavy (non-hydrogen) atoms. The van der Waals surface area contributed by atoms with Gasteiger partial charge in [-0.2, -0.15) is 0 Å². The Bertz CT molecular complexity index is 657. The van der Waals surface area contributed by atoms with E-state index < -0.39 is 8.32 Å². The molecule has 2 rings (SSSR count). The van der Waals surface area contributed by atoms with Crippen molar-refractivity contribution >= 4 is 14.1 Å². The number of halogens is 1. The van der Waals surface area contributed by atoms with E-state index in [1.807, 2.05) is 19.1 Å². The molecule has 2 aromatic rings. The smallest absolute Gasteiger partial charge is 0.242 e. The van der Waals surface area contributed by atoms with Crippen molar-refractivity contribution in [2.45, 2.75) is 26.6 Å². The second kappa shape index (κ2) is 5.82. The molecule has 0 saturated heterocycles. The second-order valence-corrected chi connectivity index (χ2v) is 10.5. The van der Waals surface area contributed by atoms with E-state index >= 15 is 0 Å². The van der Waals surface area contributed by atoms with Gasteiger partial charge < -0.3 is 4.43 Å². The third kappa shape index (κ3) is 4.01. The Morgan fingerprint density at radius 2 is 1.67 bits per heavy atom. The van der Waals surface area contributed by atoms with E-state index in [0.29, 0.717) is 11.1 Å². The van der Waals surface area contributed by atoms with Crippen molar-refractivity contribution in [1.82, 2.24) is 0 Å². The molecular formula is C17H19FO2Si. The van der Waals surface area contributed by atoms with Crippen LogP contribution in [0.2, 0.25) is 19.6 Å². The summed E-state index contributed by atoms with van der Waals surface area (Å²) in [4.78, 5) is 12.4. The predicted molar refractivity (Wildman–Crippen MR) is 85.0 cm³/mol. The Kier molecular flexibility index (Phi) is 4.28. The molecule has 0 amide bonds. The van der Waals surface area contributed by atoms with Crippen molar-refractivity contribution in [2.24, 2.45) is 0 Å². The van der Waals surface area contributed by atoms with Gasteiger partial charge in [0.15, 0.2) is 5.78 Å². The van der Waals surface area contributed by atoms with Crippen LogP contribution in [-0.4, -0.2) is 14.1 Å². The fraction of sp³-hybridized carbons (Fsp3) is 0.235. The Hall–Kier alpha value is -1.94. The number of hydrogen-bond acceptors (Lipinski definition) is 2. The minimum absolute atomic E-state index is 0.105. The van der Waals surface area contributed by atoms with Crippen LogP contribution < -0.4 is 4.43 Å². The molecule has 2 nitrogen and oxygen atoms in total. The Balaban J connectivity index is 2.28. The molecule has 0 bridgehead atoms. The summed E-state index contributed by atoms with van der Waals surface area (Å²) in [6.07, 6.45) is 0. The third-order valence-electron chi connectivity index (χ3n) is 2.97. The van der Waals surface area contributed by atoms with Gasteiger partial charge in [0, 0.05) is 11.1 Å². The highest BCUT2D eigenvalue weighted by Crippen LogP contribution is 2.22. The first kappa shape index (κ1) is 15.4. The molecule has 2 aromatic carbocycles. The fourth-order valence-corrected chi connectivity index (χ4v) is 2.90. The van der Waals surface area contributed by atoms with Crippen LogP contribution >= 0.6 is 0 Å². The van der Waals surface area contributed by atoms with E-state index in [0.717, 1.165) is 11.3 Å². The van der Waals surface area contributed by atoms with Gasteiger partial charge >= 0.3 is 0 Å². The van der Waals surface area contributed by atoms with Crippen molar-refractivity contribution in [1.29, 1.82) is 0 Å². The minimum atomic E-state index is -1.66. The van der Waals surface area contributed by atoms with Crippen LogP contribution in [0.25, 0.3) is 0 Å². The predicted octanol–water partition coefficient (Wildman–Crippen LogP) is 4.58. The molecular weight excluding hydrogens is 283 g/mol. The van der Waals surface area contributed by atoms with Gasteiger partial charge in [-0.1, -0.05) is 0 Å². The van der Waals surface area contributed by atoms with Gasteiger partial charge in [-0.05, 0) is 74.6 Å². The molecule has 0 aromatic heterocycles. The summed E-state index contributed by atoms with van der Waals surface area (Å²) >= 11 is 0. The Morgan fingerprint density at radius 1 is 1.05 bits per heavy atom. The Morgan fingerprint density at radius 3 is 2.19 bits per heavy atom. The average molecular weight is 302 g/mol.